The number of carbonyl (C=O) groups is 1. The van der Waals surface area contributed by atoms with E-state index in [1.165, 1.54) is 18.3 Å². The summed E-state index contributed by atoms with van der Waals surface area (Å²) in [7, 11) is 0. The first kappa shape index (κ1) is 25.3. The summed E-state index contributed by atoms with van der Waals surface area (Å²) in [6.07, 6.45) is 2.02. The van der Waals surface area contributed by atoms with Crippen LogP contribution >= 0.6 is 11.6 Å². The van der Waals surface area contributed by atoms with Gasteiger partial charge < -0.3 is 5.11 Å². The number of amides is 1. The number of aryl methyl sites for hydroxylation is 1. The number of nitro benzene ring substituents is 1. The minimum absolute atomic E-state index is 0.0364. The van der Waals surface area contributed by atoms with Crippen LogP contribution in [0.2, 0.25) is 5.02 Å². The molecule has 2 rings (SSSR count). The molecule has 0 spiro atoms. The molecule has 2 aromatic rings. The second-order valence-corrected chi connectivity index (χ2v) is 10.2. The maximum absolute atomic E-state index is 12.3. The summed E-state index contributed by atoms with van der Waals surface area (Å²) in [5.74, 6) is 0.0206. The molecule has 0 heterocycles. The molecule has 0 saturated carbocycles. The van der Waals surface area contributed by atoms with Gasteiger partial charge in [-0.25, -0.2) is 5.43 Å². The average molecular weight is 460 g/mol. The second kappa shape index (κ2) is 9.69. The van der Waals surface area contributed by atoms with Gasteiger partial charge in [0.15, 0.2) is 0 Å². The number of phenolic OH excluding ortho intramolecular Hbond substituents is 1. The highest BCUT2D eigenvalue weighted by Gasteiger charge is 2.26. The third kappa shape index (κ3) is 6.53. The van der Waals surface area contributed by atoms with Gasteiger partial charge in [-0.1, -0.05) is 71.3 Å². The van der Waals surface area contributed by atoms with Crippen LogP contribution in [0.1, 0.15) is 70.2 Å². The minimum atomic E-state index is -0.576. The van der Waals surface area contributed by atoms with Crippen LogP contribution in [0.15, 0.2) is 35.4 Å². The van der Waals surface area contributed by atoms with Gasteiger partial charge in [0, 0.05) is 18.1 Å². The molecule has 7 nitrogen and oxygen atoms in total. The first-order valence-corrected chi connectivity index (χ1v) is 10.7. The van der Waals surface area contributed by atoms with Crippen molar-refractivity contribution >= 4 is 29.4 Å². The highest BCUT2D eigenvalue weighted by molar-refractivity contribution is 6.32. The number of aromatic hydroxyl groups is 1. The maximum atomic E-state index is 12.3. The number of rotatable bonds is 6. The average Bonchev–Trinajstić information content (AvgIpc) is 2.66. The Labute approximate surface area is 193 Å². The van der Waals surface area contributed by atoms with E-state index in [0.29, 0.717) is 17.7 Å². The Kier molecular flexibility index (Phi) is 7.67. The fourth-order valence-corrected chi connectivity index (χ4v) is 3.41. The number of nitro groups is 1. The van der Waals surface area contributed by atoms with E-state index in [2.05, 4.69) is 10.5 Å². The van der Waals surface area contributed by atoms with Gasteiger partial charge in [-0.05, 0) is 40.0 Å². The smallest absolute Gasteiger partial charge is 0.288 e. The van der Waals surface area contributed by atoms with Crippen LogP contribution in [-0.2, 0) is 22.0 Å². The van der Waals surface area contributed by atoms with Gasteiger partial charge in [-0.2, -0.15) is 5.10 Å². The number of hydrogen-bond acceptors (Lipinski definition) is 5. The maximum Gasteiger partial charge on any atom is 0.288 e. The molecule has 0 aliphatic heterocycles. The van der Waals surface area contributed by atoms with Gasteiger partial charge in [0.25, 0.3) is 5.69 Å². The van der Waals surface area contributed by atoms with Crippen molar-refractivity contribution in [2.45, 2.75) is 65.2 Å². The van der Waals surface area contributed by atoms with Crippen LogP contribution in [0.5, 0.6) is 5.75 Å². The zero-order valence-electron chi connectivity index (χ0n) is 19.3. The van der Waals surface area contributed by atoms with Gasteiger partial charge in [-0.3, -0.25) is 14.9 Å². The molecule has 1 amide bonds. The largest absolute Gasteiger partial charge is 0.507 e. The van der Waals surface area contributed by atoms with Crippen LogP contribution in [0.3, 0.4) is 0 Å². The molecule has 0 saturated heterocycles. The van der Waals surface area contributed by atoms with Gasteiger partial charge >= 0.3 is 0 Å². The van der Waals surface area contributed by atoms with E-state index in [9.17, 15) is 20.0 Å². The number of benzene rings is 2. The third-order valence-electron chi connectivity index (χ3n) is 5.00. The molecule has 0 fully saturated rings. The molecule has 0 aromatic heterocycles. The summed E-state index contributed by atoms with van der Waals surface area (Å²) in [6.45, 7) is 12.3. The van der Waals surface area contributed by atoms with Crippen molar-refractivity contribution in [3.63, 3.8) is 0 Å². The molecule has 0 radical (unpaired) electrons. The molecule has 32 heavy (non-hydrogen) atoms. The minimum Gasteiger partial charge on any atom is -0.507 e. The molecule has 172 valence electrons. The number of nitrogens with zero attached hydrogens (tertiary/aromatic N) is 2. The van der Waals surface area contributed by atoms with Gasteiger partial charge in [-0.15, -0.1) is 0 Å². The van der Waals surface area contributed by atoms with Crippen LogP contribution < -0.4 is 5.43 Å². The van der Waals surface area contributed by atoms with Crippen molar-refractivity contribution in [2.24, 2.45) is 5.10 Å². The van der Waals surface area contributed by atoms with E-state index in [4.69, 9.17) is 11.6 Å². The fourth-order valence-electron chi connectivity index (χ4n) is 3.22. The number of hydrazone groups is 1. The molecule has 0 unspecified atom stereocenters. The molecule has 8 heteroatoms. The monoisotopic (exact) mass is 459 g/mol. The molecule has 2 N–H and O–H groups in total. The lowest BCUT2D eigenvalue weighted by Gasteiger charge is -2.28. The summed E-state index contributed by atoms with van der Waals surface area (Å²) >= 11 is 5.79. The highest BCUT2D eigenvalue weighted by Crippen LogP contribution is 2.40. The highest BCUT2D eigenvalue weighted by atomic mass is 35.5. The summed E-state index contributed by atoms with van der Waals surface area (Å²) < 4.78 is 0. The molecular formula is C24H30ClN3O4. The number of nitrogens with one attached hydrogen (secondary N) is 1. The zero-order valence-corrected chi connectivity index (χ0v) is 20.1. The van der Waals surface area contributed by atoms with E-state index in [1.807, 2.05) is 53.7 Å². The van der Waals surface area contributed by atoms with Crippen molar-refractivity contribution in [3.8, 4) is 5.75 Å². The fraction of sp³-hybridized carbons (Fsp3) is 0.417. The Morgan fingerprint density at radius 1 is 1.12 bits per heavy atom. The van der Waals surface area contributed by atoms with E-state index in [0.717, 1.165) is 16.7 Å². The van der Waals surface area contributed by atoms with Crippen molar-refractivity contribution < 1.29 is 14.8 Å². The van der Waals surface area contributed by atoms with Gasteiger partial charge in [0.1, 0.15) is 10.8 Å². The SMILES string of the molecule is CC(C)(C)c1cc(CCC(=O)NN=Cc2ccc(Cl)c([N+](=O)[O-])c2)cc(C(C)(C)C)c1O. The molecule has 0 aliphatic rings. The Morgan fingerprint density at radius 2 is 1.69 bits per heavy atom. The number of halogens is 1. The van der Waals surface area contributed by atoms with Crippen LogP contribution in [0.25, 0.3) is 0 Å². The quantitative estimate of drug-likeness (QED) is 0.331. The molecular weight excluding hydrogens is 430 g/mol. The van der Waals surface area contributed by atoms with E-state index >= 15 is 0 Å². The Balaban J connectivity index is 2.10. The molecule has 2 aromatic carbocycles. The van der Waals surface area contributed by atoms with Gasteiger partial charge in [0.05, 0.1) is 11.1 Å². The Morgan fingerprint density at radius 3 is 2.19 bits per heavy atom. The number of carbonyl (C=O) groups excluding carboxylic acids is 1. The van der Waals surface area contributed by atoms with Crippen molar-refractivity contribution in [1.29, 1.82) is 0 Å². The predicted octanol–water partition coefficient (Wildman–Crippen LogP) is 5.63. The molecule has 0 aliphatic carbocycles. The lowest BCUT2D eigenvalue weighted by Crippen LogP contribution is -2.20. The molecule has 0 atom stereocenters. The predicted molar refractivity (Wildman–Crippen MR) is 128 cm³/mol. The second-order valence-electron chi connectivity index (χ2n) is 9.80. The third-order valence-corrected chi connectivity index (χ3v) is 5.32. The summed E-state index contributed by atoms with van der Waals surface area (Å²) in [4.78, 5) is 22.6. The number of hydrogen-bond donors (Lipinski definition) is 2. The van der Waals surface area contributed by atoms with Crippen molar-refractivity contribution in [1.82, 2.24) is 5.43 Å². The van der Waals surface area contributed by atoms with E-state index < -0.39 is 4.92 Å². The Bertz CT molecular complexity index is 1020. The van der Waals surface area contributed by atoms with Crippen LogP contribution in [0.4, 0.5) is 5.69 Å². The van der Waals surface area contributed by atoms with Gasteiger partial charge in [0.2, 0.25) is 5.91 Å². The zero-order chi connectivity index (χ0) is 24.3. The first-order valence-electron chi connectivity index (χ1n) is 10.3. The normalized spacial score (nSPS) is 12.2. The van der Waals surface area contributed by atoms with Crippen molar-refractivity contribution in [2.75, 3.05) is 0 Å². The lowest BCUT2D eigenvalue weighted by atomic mass is 9.78. The first-order chi connectivity index (χ1) is 14.7. The molecule has 0 bridgehead atoms. The van der Waals surface area contributed by atoms with E-state index in [-0.39, 0.29) is 33.9 Å². The summed E-state index contributed by atoms with van der Waals surface area (Å²) in [5.41, 5.74) is 4.85. The van der Waals surface area contributed by atoms with Crippen LogP contribution in [-0.4, -0.2) is 22.2 Å². The van der Waals surface area contributed by atoms with Crippen molar-refractivity contribution in [3.05, 3.63) is 67.7 Å². The summed E-state index contributed by atoms with van der Waals surface area (Å²) in [5, 5.41) is 25.7. The Hall–Kier alpha value is -2.93. The lowest BCUT2D eigenvalue weighted by molar-refractivity contribution is -0.384. The standard InChI is InChI=1S/C24H30ClN3O4/c1-23(2,3)17-11-15(12-18(22(17)30)24(4,5)6)8-10-21(29)27-26-14-16-7-9-19(25)20(13-16)28(31)32/h7,9,11-14,30H,8,10H2,1-6H3,(H,27,29). The number of phenols is 1. The topological polar surface area (TPSA) is 105 Å². The summed E-state index contributed by atoms with van der Waals surface area (Å²) in [6, 6.07) is 8.18. The van der Waals surface area contributed by atoms with E-state index in [1.54, 1.807) is 6.07 Å². The van der Waals surface area contributed by atoms with Crippen LogP contribution in [0, 0.1) is 10.1 Å².